The van der Waals surface area contributed by atoms with Crippen LogP contribution in [0.25, 0.3) is 0 Å². The van der Waals surface area contributed by atoms with Gasteiger partial charge in [0.05, 0.1) is 18.3 Å². The third-order valence-electron chi connectivity index (χ3n) is 4.47. The summed E-state index contributed by atoms with van der Waals surface area (Å²) in [6, 6.07) is 0. The van der Waals surface area contributed by atoms with E-state index < -0.39 is 30.3 Å². The summed E-state index contributed by atoms with van der Waals surface area (Å²) in [5, 5.41) is 10.4. The largest absolute Gasteiger partial charge is 0.463 e. The Balaban J connectivity index is 2.70. The standard InChI is InChI=1S/C20H34O8/c1-6-17-10-19(27-15(5)26-17)11-18(28-20(24)7-12(2)21)9-16(23)8-13(3)25-14(4)22/h13,15-19,23H,6-11H2,1-5H3. The van der Waals surface area contributed by atoms with E-state index in [1.54, 1.807) is 6.92 Å². The van der Waals surface area contributed by atoms with Gasteiger partial charge < -0.3 is 24.1 Å². The molecule has 0 spiro atoms. The quantitative estimate of drug-likeness (QED) is 0.414. The molecule has 6 atom stereocenters. The molecule has 1 rings (SSSR count). The van der Waals surface area contributed by atoms with Crippen molar-refractivity contribution in [1.29, 1.82) is 0 Å². The molecule has 0 radical (unpaired) electrons. The van der Waals surface area contributed by atoms with Gasteiger partial charge in [-0.3, -0.25) is 14.4 Å². The molecule has 162 valence electrons. The van der Waals surface area contributed by atoms with Gasteiger partial charge in [-0.25, -0.2) is 0 Å². The van der Waals surface area contributed by atoms with Crippen LogP contribution in [-0.2, 0) is 33.3 Å². The maximum absolute atomic E-state index is 12.0. The molecule has 0 saturated carbocycles. The third kappa shape index (κ3) is 10.1. The summed E-state index contributed by atoms with van der Waals surface area (Å²) in [5.74, 6) is -1.32. The van der Waals surface area contributed by atoms with Gasteiger partial charge >= 0.3 is 11.9 Å². The minimum atomic E-state index is -0.830. The molecule has 1 N–H and O–H groups in total. The fraction of sp³-hybridized carbons (Fsp3) is 0.850. The predicted octanol–water partition coefficient (Wildman–Crippen LogP) is 2.29. The lowest BCUT2D eigenvalue weighted by molar-refractivity contribution is -0.239. The van der Waals surface area contributed by atoms with Crippen molar-refractivity contribution in [2.75, 3.05) is 0 Å². The van der Waals surface area contributed by atoms with E-state index in [0.29, 0.717) is 12.8 Å². The van der Waals surface area contributed by atoms with Gasteiger partial charge in [0.1, 0.15) is 24.4 Å². The molecule has 1 saturated heterocycles. The molecule has 0 bridgehead atoms. The zero-order valence-electron chi connectivity index (χ0n) is 17.5. The molecule has 1 fully saturated rings. The van der Waals surface area contributed by atoms with Crippen LogP contribution in [0.2, 0.25) is 0 Å². The van der Waals surface area contributed by atoms with Gasteiger partial charge in [0.15, 0.2) is 6.29 Å². The molecule has 28 heavy (non-hydrogen) atoms. The normalized spacial score (nSPS) is 25.4. The molecule has 0 aromatic rings. The van der Waals surface area contributed by atoms with E-state index in [9.17, 15) is 19.5 Å². The van der Waals surface area contributed by atoms with Crippen LogP contribution in [0, 0.1) is 0 Å². The summed E-state index contributed by atoms with van der Waals surface area (Å²) in [6.45, 7) is 8.17. The van der Waals surface area contributed by atoms with Gasteiger partial charge in [0, 0.05) is 32.6 Å². The van der Waals surface area contributed by atoms with Crippen molar-refractivity contribution in [2.45, 2.75) is 110 Å². The topological polar surface area (TPSA) is 108 Å². The smallest absolute Gasteiger partial charge is 0.313 e. The average Bonchev–Trinajstić information content (AvgIpc) is 2.51. The van der Waals surface area contributed by atoms with Gasteiger partial charge in [-0.2, -0.15) is 0 Å². The number of Topliss-reactive ketones (excluding diaryl/α,β-unsaturated/α-hetero) is 1. The first-order valence-electron chi connectivity index (χ1n) is 9.94. The van der Waals surface area contributed by atoms with E-state index >= 15 is 0 Å². The fourth-order valence-electron chi connectivity index (χ4n) is 3.42. The highest BCUT2D eigenvalue weighted by Crippen LogP contribution is 2.26. The van der Waals surface area contributed by atoms with Gasteiger partial charge in [-0.1, -0.05) is 6.92 Å². The molecular weight excluding hydrogens is 368 g/mol. The minimum absolute atomic E-state index is 0.0660. The van der Waals surface area contributed by atoms with Crippen molar-refractivity contribution >= 4 is 17.7 Å². The lowest BCUT2D eigenvalue weighted by Crippen LogP contribution is -2.39. The molecule has 0 amide bonds. The summed E-state index contributed by atoms with van der Waals surface area (Å²) in [6.07, 6.45) is -0.365. The van der Waals surface area contributed by atoms with Crippen LogP contribution in [0.4, 0.5) is 0 Å². The van der Waals surface area contributed by atoms with Crippen LogP contribution in [-0.4, -0.2) is 59.6 Å². The number of aliphatic hydroxyl groups excluding tert-OH is 1. The van der Waals surface area contributed by atoms with E-state index in [1.807, 2.05) is 13.8 Å². The van der Waals surface area contributed by atoms with Crippen molar-refractivity contribution in [3.63, 3.8) is 0 Å². The number of hydrogen-bond donors (Lipinski definition) is 1. The summed E-state index contributed by atoms with van der Waals surface area (Å²) in [7, 11) is 0. The Morgan fingerprint density at radius 2 is 1.75 bits per heavy atom. The Morgan fingerprint density at radius 3 is 2.32 bits per heavy atom. The second-order valence-corrected chi connectivity index (χ2v) is 7.50. The number of carbonyl (C=O) groups is 3. The van der Waals surface area contributed by atoms with Crippen molar-refractivity contribution in [3.05, 3.63) is 0 Å². The van der Waals surface area contributed by atoms with E-state index in [1.165, 1.54) is 13.8 Å². The number of ether oxygens (including phenoxy) is 4. The monoisotopic (exact) mass is 402 g/mol. The summed E-state index contributed by atoms with van der Waals surface area (Å²) in [5.41, 5.74) is 0. The lowest BCUT2D eigenvalue weighted by Gasteiger charge is -2.35. The number of rotatable bonds is 11. The third-order valence-corrected chi connectivity index (χ3v) is 4.47. The second-order valence-electron chi connectivity index (χ2n) is 7.50. The first kappa shape index (κ1) is 24.5. The Hall–Kier alpha value is -1.51. The van der Waals surface area contributed by atoms with E-state index in [4.69, 9.17) is 18.9 Å². The highest BCUT2D eigenvalue weighted by Gasteiger charge is 2.31. The first-order chi connectivity index (χ1) is 13.1. The molecule has 8 heteroatoms. The van der Waals surface area contributed by atoms with Gasteiger partial charge in [-0.05, 0) is 27.2 Å². The molecule has 1 aliphatic heterocycles. The second kappa shape index (κ2) is 12.1. The Labute approximate surface area is 166 Å². The van der Waals surface area contributed by atoms with E-state index in [0.717, 1.165) is 6.42 Å². The van der Waals surface area contributed by atoms with Crippen molar-refractivity contribution in [2.24, 2.45) is 0 Å². The molecular formula is C20H34O8. The Bertz CT molecular complexity index is 520. The maximum Gasteiger partial charge on any atom is 0.313 e. The molecule has 0 aromatic heterocycles. The van der Waals surface area contributed by atoms with Crippen molar-refractivity contribution < 1.29 is 38.4 Å². The van der Waals surface area contributed by atoms with Gasteiger partial charge in [-0.15, -0.1) is 0 Å². The molecule has 0 aliphatic carbocycles. The van der Waals surface area contributed by atoms with E-state index in [-0.39, 0.29) is 43.5 Å². The number of ketones is 1. The van der Waals surface area contributed by atoms with Gasteiger partial charge in [0.25, 0.3) is 0 Å². The van der Waals surface area contributed by atoms with Crippen LogP contribution in [0.15, 0.2) is 0 Å². The van der Waals surface area contributed by atoms with Crippen LogP contribution < -0.4 is 0 Å². The highest BCUT2D eigenvalue weighted by molar-refractivity contribution is 5.94. The van der Waals surface area contributed by atoms with Crippen LogP contribution >= 0.6 is 0 Å². The molecule has 8 nitrogen and oxygen atoms in total. The summed E-state index contributed by atoms with van der Waals surface area (Å²) >= 11 is 0. The van der Waals surface area contributed by atoms with Crippen LogP contribution in [0.3, 0.4) is 0 Å². The molecule has 6 unspecified atom stereocenters. The molecule has 1 heterocycles. The zero-order chi connectivity index (χ0) is 21.3. The van der Waals surface area contributed by atoms with Crippen LogP contribution in [0.5, 0.6) is 0 Å². The summed E-state index contributed by atoms with van der Waals surface area (Å²) in [4.78, 5) is 34.2. The Morgan fingerprint density at radius 1 is 1.11 bits per heavy atom. The number of esters is 2. The fourth-order valence-corrected chi connectivity index (χ4v) is 3.42. The predicted molar refractivity (Wildman–Crippen MR) is 100 cm³/mol. The Kier molecular flexibility index (Phi) is 10.6. The zero-order valence-corrected chi connectivity index (χ0v) is 17.5. The SMILES string of the molecule is CCC1CC(CC(CC(O)CC(C)OC(C)=O)OC(=O)CC(C)=O)OC(C)O1. The van der Waals surface area contributed by atoms with Gasteiger partial charge in [0.2, 0.25) is 0 Å². The minimum Gasteiger partial charge on any atom is -0.463 e. The number of aliphatic hydroxyl groups is 1. The highest BCUT2D eigenvalue weighted by atomic mass is 16.7. The van der Waals surface area contributed by atoms with E-state index in [2.05, 4.69) is 0 Å². The molecule has 1 aliphatic rings. The van der Waals surface area contributed by atoms with Crippen molar-refractivity contribution in [3.8, 4) is 0 Å². The average molecular weight is 402 g/mol. The number of hydrogen-bond acceptors (Lipinski definition) is 8. The first-order valence-corrected chi connectivity index (χ1v) is 9.94. The number of carbonyl (C=O) groups excluding carboxylic acids is 3. The summed E-state index contributed by atoms with van der Waals surface area (Å²) < 4.78 is 22.0. The lowest BCUT2D eigenvalue weighted by atomic mass is 9.97. The molecule has 0 aromatic carbocycles. The van der Waals surface area contributed by atoms with Crippen molar-refractivity contribution in [1.82, 2.24) is 0 Å². The van der Waals surface area contributed by atoms with Crippen LogP contribution in [0.1, 0.15) is 73.1 Å². The maximum atomic E-state index is 12.0.